The molecule has 0 atom stereocenters. The summed E-state index contributed by atoms with van der Waals surface area (Å²) in [5.41, 5.74) is 0.0901. The van der Waals surface area contributed by atoms with Crippen molar-refractivity contribution in [2.45, 2.75) is 0 Å². The van der Waals surface area contributed by atoms with Crippen LogP contribution in [0.4, 0.5) is 11.4 Å². The van der Waals surface area contributed by atoms with Crippen molar-refractivity contribution in [3.63, 3.8) is 0 Å². The standard InChI is InChI=1S/C23H13BrClN3O5/c24-17-5-3-15(4-6-17)23(30)33-19-8-1-14(2-9-19)11-16(13-26)22(29)27-20-10-7-18(25)12-21(20)28(31)32/h1-12H,(H,27,29). The lowest BCUT2D eigenvalue weighted by Gasteiger charge is -2.06. The van der Waals surface area contributed by atoms with Gasteiger partial charge in [0.1, 0.15) is 23.1 Å². The van der Waals surface area contributed by atoms with Crippen molar-refractivity contribution in [1.82, 2.24) is 0 Å². The highest BCUT2D eigenvalue weighted by atomic mass is 79.9. The molecule has 3 rings (SSSR count). The third kappa shape index (κ3) is 6.26. The Labute approximate surface area is 201 Å². The second-order valence-electron chi connectivity index (χ2n) is 6.51. The van der Waals surface area contributed by atoms with Gasteiger partial charge in [-0.3, -0.25) is 14.9 Å². The minimum Gasteiger partial charge on any atom is -0.423 e. The van der Waals surface area contributed by atoms with Gasteiger partial charge in [-0.2, -0.15) is 5.26 Å². The first-order valence-electron chi connectivity index (χ1n) is 9.21. The number of nitro groups is 1. The molecule has 33 heavy (non-hydrogen) atoms. The highest BCUT2D eigenvalue weighted by Gasteiger charge is 2.18. The van der Waals surface area contributed by atoms with E-state index in [0.29, 0.717) is 11.1 Å². The molecule has 1 amide bonds. The summed E-state index contributed by atoms with van der Waals surface area (Å²) in [6.45, 7) is 0. The first-order valence-corrected chi connectivity index (χ1v) is 10.4. The SMILES string of the molecule is N#CC(=Cc1ccc(OC(=O)c2ccc(Br)cc2)cc1)C(=O)Nc1ccc(Cl)cc1[N+](=O)[O-]. The van der Waals surface area contributed by atoms with E-state index in [1.165, 1.54) is 30.3 Å². The Morgan fingerprint density at radius 2 is 1.76 bits per heavy atom. The maximum atomic E-state index is 12.5. The van der Waals surface area contributed by atoms with Crippen LogP contribution in [0, 0.1) is 21.4 Å². The lowest BCUT2D eigenvalue weighted by atomic mass is 10.1. The van der Waals surface area contributed by atoms with Crippen LogP contribution in [0.1, 0.15) is 15.9 Å². The minimum absolute atomic E-state index is 0.0919. The normalized spacial score (nSPS) is 10.8. The van der Waals surface area contributed by atoms with Crippen LogP contribution >= 0.6 is 27.5 Å². The van der Waals surface area contributed by atoms with Crippen LogP contribution in [-0.2, 0) is 4.79 Å². The molecule has 164 valence electrons. The molecule has 0 heterocycles. The number of esters is 1. The smallest absolute Gasteiger partial charge is 0.343 e. The fraction of sp³-hybridized carbons (Fsp3) is 0. The summed E-state index contributed by atoms with van der Waals surface area (Å²) in [5.74, 6) is -1.08. The molecular formula is C23H13BrClN3O5. The molecule has 8 nitrogen and oxygen atoms in total. The van der Waals surface area contributed by atoms with E-state index >= 15 is 0 Å². The van der Waals surface area contributed by atoms with E-state index in [2.05, 4.69) is 21.2 Å². The van der Waals surface area contributed by atoms with Crippen molar-refractivity contribution in [2.75, 3.05) is 5.32 Å². The number of amides is 1. The number of halogens is 2. The maximum Gasteiger partial charge on any atom is 0.343 e. The van der Waals surface area contributed by atoms with E-state index in [4.69, 9.17) is 16.3 Å². The number of carbonyl (C=O) groups is 2. The summed E-state index contributed by atoms with van der Waals surface area (Å²) >= 11 is 9.06. The zero-order chi connectivity index (χ0) is 24.0. The second kappa shape index (κ2) is 10.5. The van der Waals surface area contributed by atoms with Gasteiger partial charge in [-0.25, -0.2) is 4.79 Å². The van der Waals surface area contributed by atoms with Crippen molar-refractivity contribution in [3.8, 4) is 11.8 Å². The molecule has 0 saturated carbocycles. The minimum atomic E-state index is -0.825. The Morgan fingerprint density at radius 3 is 2.36 bits per heavy atom. The summed E-state index contributed by atoms with van der Waals surface area (Å²) in [7, 11) is 0. The second-order valence-corrected chi connectivity index (χ2v) is 7.86. The Bertz CT molecular complexity index is 1300. The molecule has 0 aromatic heterocycles. The number of anilines is 1. The predicted octanol–water partition coefficient (Wildman–Crippen LogP) is 5.78. The van der Waals surface area contributed by atoms with Crippen LogP contribution in [0.25, 0.3) is 6.08 Å². The topological polar surface area (TPSA) is 122 Å². The lowest BCUT2D eigenvalue weighted by Crippen LogP contribution is -2.14. The monoisotopic (exact) mass is 525 g/mol. The van der Waals surface area contributed by atoms with E-state index in [1.54, 1.807) is 42.5 Å². The van der Waals surface area contributed by atoms with Gasteiger partial charge in [0.05, 0.1) is 10.5 Å². The zero-order valence-electron chi connectivity index (χ0n) is 16.6. The molecule has 10 heteroatoms. The number of hydrogen-bond acceptors (Lipinski definition) is 6. The molecule has 0 fully saturated rings. The first kappa shape index (κ1) is 23.7. The van der Waals surface area contributed by atoms with Gasteiger partial charge in [-0.15, -0.1) is 0 Å². The Morgan fingerprint density at radius 1 is 1.09 bits per heavy atom. The third-order valence-corrected chi connectivity index (χ3v) is 5.02. The number of carbonyl (C=O) groups excluding carboxylic acids is 2. The molecule has 0 spiro atoms. The van der Waals surface area contributed by atoms with Crippen LogP contribution < -0.4 is 10.1 Å². The maximum absolute atomic E-state index is 12.5. The first-order chi connectivity index (χ1) is 15.8. The molecule has 0 radical (unpaired) electrons. The molecule has 0 unspecified atom stereocenters. The van der Waals surface area contributed by atoms with Crippen LogP contribution in [0.5, 0.6) is 5.75 Å². The summed E-state index contributed by atoms with van der Waals surface area (Å²) in [5, 5.41) is 23.0. The molecule has 3 aromatic carbocycles. The molecule has 0 aliphatic rings. The fourth-order valence-corrected chi connectivity index (χ4v) is 3.08. The van der Waals surface area contributed by atoms with Gasteiger partial charge in [-0.1, -0.05) is 39.7 Å². The van der Waals surface area contributed by atoms with Gasteiger partial charge in [-0.05, 0) is 60.2 Å². The van der Waals surface area contributed by atoms with Crippen molar-refractivity contribution in [3.05, 3.63) is 103 Å². The number of nitrogens with one attached hydrogen (secondary N) is 1. The molecule has 1 N–H and O–H groups in total. The number of hydrogen-bond donors (Lipinski definition) is 1. The summed E-state index contributed by atoms with van der Waals surface area (Å²) in [4.78, 5) is 35.2. The highest BCUT2D eigenvalue weighted by Crippen LogP contribution is 2.28. The average molecular weight is 527 g/mol. The molecule has 0 aliphatic heterocycles. The van der Waals surface area contributed by atoms with Gasteiger partial charge in [0.2, 0.25) is 0 Å². The van der Waals surface area contributed by atoms with Gasteiger partial charge in [0.15, 0.2) is 0 Å². The molecule has 3 aromatic rings. The van der Waals surface area contributed by atoms with Crippen molar-refractivity contribution in [1.29, 1.82) is 5.26 Å². The number of rotatable bonds is 6. The Hall–Kier alpha value is -4.00. The third-order valence-electron chi connectivity index (χ3n) is 4.25. The number of ether oxygens (including phenoxy) is 1. The number of benzene rings is 3. The quantitative estimate of drug-likeness (QED) is 0.109. The number of nitro benzene ring substituents is 1. The van der Waals surface area contributed by atoms with Gasteiger partial charge >= 0.3 is 5.97 Å². The largest absolute Gasteiger partial charge is 0.423 e. The van der Waals surface area contributed by atoms with Gasteiger partial charge in [0.25, 0.3) is 11.6 Å². The molecule has 0 bridgehead atoms. The van der Waals surface area contributed by atoms with Crippen LogP contribution in [0.15, 0.2) is 76.8 Å². The summed E-state index contributed by atoms with van der Waals surface area (Å²) in [6, 6.07) is 18.3. The van der Waals surface area contributed by atoms with E-state index in [0.717, 1.165) is 10.5 Å². The van der Waals surface area contributed by atoms with Crippen molar-refractivity contribution in [2.24, 2.45) is 0 Å². The average Bonchev–Trinajstić information content (AvgIpc) is 2.79. The van der Waals surface area contributed by atoms with E-state index in [1.807, 2.05) is 0 Å². The molecule has 0 aliphatic carbocycles. The molecule has 0 saturated heterocycles. The summed E-state index contributed by atoms with van der Waals surface area (Å²) in [6.07, 6.45) is 1.30. The lowest BCUT2D eigenvalue weighted by molar-refractivity contribution is -0.383. The van der Waals surface area contributed by atoms with E-state index in [9.17, 15) is 25.0 Å². The zero-order valence-corrected chi connectivity index (χ0v) is 19.0. The predicted molar refractivity (Wildman–Crippen MR) is 126 cm³/mol. The van der Waals surface area contributed by atoms with Gasteiger partial charge < -0.3 is 10.1 Å². The number of nitriles is 1. The van der Waals surface area contributed by atoms with Crippen molar-refractivity contribution >= 4 is 56.9 Å². The van der Waals surface area contributed by atoms with Gasteiger partial charge in [0, 0.05) is 15.6 Å². The van der Waals surface area contributed by atoms with Crippen LogP contribution in [0.2, 0.25) is 5.02 Å². The summed E-state index contributed by atoms with van der Waals surface area (Å²) < 4.78 is 6.14. The Balaban J connectivity index is 1.73. The Kier molecular flexibility index (Phi) is 7.56. The van der Waals surface area contributed by atoms with Crippen LogP contribution in [-0.4, -0.2) is 16.8 Å². The number of nitrogens with zero attached hydrogens (tertiary/aromatic N) is 2. The highest BCUT2D eigenvalue weighted by molar-refractivity contribution is 9.10. The van der Waals surface area contributed by atoms with E-state index < -0.39 is 22.5 Å². The van der Waals surface area contributed by atoms with E-state index in [-0.39, 0.29) is 22.0 Å². The fourth-order valence-electron chi connectivity index (χ4n) is 2.65. The molecular weight excluding hydrogens is 514 g/mol. The van der Waals surface area contributed by atoms with Crippen LogP contribution in [0.3, 0.4) is 0 Å². The van der Waals surface area contributed by atoms with Crippen molar-refractivity contribution < 1.29 is 19.2 Å².